The van der Waals surface area contributed by atoms with Crippen molar-refractivity contribution in [2.24, 2.45) is 0 Å². The third-order valence-corrected chi connectivity index (χ3v) is 4.01. The van der Waals surface area contributed by atoms with E-state index in [1.165, 1.54) is 0 Å². The molecule has 2 heterocycles. The molecule has 128 valence electrons. The number of anilines is 1. The number of carbonyl (C=O) groups excluding carboxylic acids is 2. The summed E-state index contributed by atoms with van der Waals surface area (Å²) < 4.78 is 7.56. The van der Waals surface area contributed by atoms with Crippen LogP contribution >= 0.6 is 15.9 Å². The van der Waals surface area contributed by atoms with E-state index in [4.69, 9.17) is 4.74 Å². The van der Waals surface area contributed by atoms with Gasteiger partial charge in [-0.3, -0.25) is 14.0 Å². The number of carbonyl (C=O) groups is 2. The number of fused-ring (bicyclic) bond motifs is 1. The number of aromatic nitrogens is 2. The average molecular weight is 402 g/mol. The summed E-state index contributed by atoms with van der Waals surface area (Å²) in [6, 6.07) is 12.5. The maximum atomic E-state index is 12.5. The van der Waals surface area contributed by atoms with Crippen molar-refractivity contribution in [1.29, 1.82) is 0 Å². The molecule has 0 atom stereocenters. The number of hydrogen-bond acceptors (Lipinski definition) is 4. The van der Waals surface area contributed by atoms with Crippen LogP contribution in [0.4, 0.5) is 5.82 Å². The lowest BCUT2D eigenvalue weighted by atomic mass is 10.2. The molecule has 0 aliphatic carbocycles. The molecule has 1 N–H and O–H groups in total. The first-order valence-electron chi connectivity index (χ1n) is 7.77. The largest absolute Gasteiger partial charge is 0.466 e. The Kier molecular flexibility index (Phi) is 5.14. The Morgan fingerprint density at radius 1 is 1.20 bits per heavy atom. The van der Waals surface area contributed by atoms with Crippen molar-refractivity contribution in [1.82, 2.24) is 9.38 Å². The van der Waals surface area contributed by atoms with Gasteiger partial charge < -0.3 is 10.1 Å². The van der Waals surface area contributed by atoms with Crippen LogP contribution in [0, 0.1) is 0 Å². The Labute approximate surface area is 153 Å². The fourth-order valence-electron chi connectivity index (χ4n) is 2.44. The van der Waals surface area contributed by atoms with E-state index in [1.807, 2.05) is 12.1 Å². The van der Waals surface area contributed by atoms with Crippen molar-refractivity contribution in [3.05, 3.63) is 64.4 Å². The van der Waals surface area contributed by atoms with Crippen molar-refractivity contribution in [3.8, 4) is 0 Å². The number of halogens is 1. The Bertz CT molecular complexity index is 922. The molecule has 1 aromatic carbocycles. The van der Waals surface area contributed by atoms with Gasteiger partial charge in [-0.25, -0.2) is 4.98 Å². The fraction of sp³-hybridized carbons (Fsp3) is 0.167. The van der Waals surface area contributed by atoms with Crippen LogP contribution in [0.2, 0.25) is 0 Å². The highest BCUT2D eigenvalue weighted by molar-refractivity contribution is 9.10. The second-order valence-electron chi connectivity index (χ2n) is 5.28. The first-order valence-corrected chi connectivity index (χ1v) is 8.56. The van der Waals surface area contributed by atoms with E-state index < -0.39 is 0 Å². The number of esters is 1. The van der Waals surface area contributed by atoms with Gasteiger partial charge in [0.05, 0.1) is 18.7 Å². The van der Waals surface area contributed by atoms with Gasteiger partial charge in [-0.2, -0.15) is 0 Å². The topological polar surface area (TPSA) is 72.7 Å². The first kappa shape index (κ1) is 17.2. The lowest BCUT2D eigenvalue weighted by molar-refractivity contribution is -0.142. The molecule has 25 heavy (non-hydrogen) atoms. The molecule has 3 rings (SSSR count). The quantitative estimate of drug-likeness (QED) is 0.664. The van der Waals surface area contributed by atoms with Crippen LogP contribution in [0.15, 0.2) is 53.1 Å². The molecule has 0 fully saturated rings. The summed E-state index contributed by atoms with van der Waals surface area (Å²) in [6.07, 6.45) is 1.77. The molecule has 1 amide bonds. The van der Waals surface area contributed by atoms with Crippen LogP contribution in [0.3, 0.4) is 0 Å². The van der Waals surface area contributed by atoms with Crippen LogP contribution in [-0.2, 0) is 16.0 Å². The molecule has 7 heteroatoms. The van der Waals surface area contributed by atoms with E-state index in [2.05, 4.69) is 26.2 Å². The molecule has 0 radical (unpaired) electrons. The van der Waals surface area contributed by atoms with Crippen LogP contribution in [0.25, 0.3) is 5.65 Å². The number of rotatable bonds is 5. The number of amides is 1. The van der Waals surface area contributed by atoms with Gasteiger partial charge in [-0.05, 0) is 47.1 Å². The minimum atomic E-state index is -0.389. The second kappa shape index (κ2) is 7.48. The Balaban J connectivity index is 1.99. The highest BCUT2D eigenvalue weighted by Crippen LogP contribution is 2.22. The number of benzene rings is 1. The Morgan fingerprint density at radius 2 is 1.96 bits per heavy atom. The summed E-state index contributed by atoms with van der Waals surface area (Å²) in [5, 5.41) is 2.86. The van der Waals surface area contributed by atoms with Crippen LogP contribution in [-0.4, -0.2) is 27.9 Å². The molecular formula is C18H16BrN3O3. The predicted octanol–water partition coefficient (Wildman–Crippen LogP) is 3.45. The standard InChI is InChI=1S/C18H16BrN3O3/c1-2-25-16(23)10-14-17(21-18(24)12-6-4-3-5-7-12)22-11-13(19)8-9-15(22)20-14/h3-9,11H,2,10H2,1H3,(H,21,24). The zero-order chi connectivity index (χ0) is 17.8. The monoisotopic (exact) mass is 401 g/mol. The predicted molar refractivity (Wildman–Crippen MR) is 97.6 cm³/mol. The van der Waals surface area contributed by atoms with Crippen LogP contribution in [0.5, 0.6) is 0 Å². The third-order valence-electron chi connectivity index (χ3n) is 3.54. The molecule has 0 aliphatic rings. The van der Waals surface area contributed by atoms with Crippen LogP contribution < -0.4 is 5.32 Å². The summed E-state index contributed by atoms with van der Waals surface area (Å²) in [6.45, 7) is 2.04. The molecule has 0 spiro atoms. The van der Waals surface area contributed by atoms with Gasteiger partial charge in [-0.15, -0.1) is 0 Å². The molecule has 6 nitrogen and oxygen atoms in total. The van der Waals surface area contributed by atoms with Gasteiger partial charge in [0.25, 0.3) is 5.91 Å². The smallest absolute Gasteiger partial charge is 0.312 e. The van der Waals surface area contributed by atoms with E-state index in [1.54, 1.807) is 47.9 Å². The normalized spacial score (nSPS) is 10.6. The van der Waals surface area contributed by atoms with Crippen molar-refractivity contribution in [3.63, 3.8) is 0 Å². The number of hydrogen-bond donors (Lipinski definition) is 1. The molecule has 2 aromatic heterocycles. The summed E-state index contributed by atoms with van der Waals surface area (Å²) in [4.78, 5) is 28.8. The molecule has 0 unspecified atom stereocenters. The number of nitrogens with one attached hydrogen (secondary N) is 1. The Hall–Kier alpha value is -2.67. The lowest BCUT2D eigenvalue weighted by Gasteiger charge is -2.08. The molecule has 3 aromatic rings. The number of nitrogens with zero attached hydrogens (tertiary/aromatic N) is 2. The highest BCUT2D eigenvalue weighted by atomic mass is 79.9. The molecule has 0 aliphatic heterocycles. The molecular weight excluding hydrogens is 386 g/mol. The van der Waals surface area contributed by atoms with Gasteiger partial charge >= 0.3 is 5.97 Å². The van der Waals surface area contributed by atoms with Gasteiger partial charge in [0.2, 0.25) is 0 Å². The maximum absolute atomic E-state index is 12.5. The summed E-state index contributed by atoms with van der Waals surface area (Å²) in [5.41, 5.74) is 1.61. The molecule has 0 saturated carbocycles. The summed E-state index contributed by atoms with van der Waals surface area (Å²) in [7, 11) is 0. The molecule has 0 saturated heterocycles. The van der Waals surface area contributed by atoms with Gasteiger partial charge in [-0.1, -0.05) is 18.2 Å². The zero-order valence-corrected chi connectivity index (χ0v) is 15.1. The van der Waals surface area contributed by atoms with Crippen molar-refractivity contribution >= 4 is 39.3 Å². The van der Waals surface area contributed by atoms with Crippen molar-refractivity contribution in [2.75, 3.05) is 11.9 Å². The maximum Gasteiger partial charge on any atom is 0.312 e. The highest BCUT2D eigenvalue weighted by Gasteiger charge is 2.19. The Morgan fingerprint density at radius 3 is 2.68 bits per heavy atom. The second-order valence-corrected chi connectivity index (χ2v) is 6.20. The summed E-state index contributed by atoms with van der Waals surface area (Å²) in [5.74, 6) is -0.203. The van der Waals surface area contributed by atoms with Crippen molar-refractivity contribution in [2.45, 2.75) is 13.3 Å². The third kappa shape index (κ3) is 3.88. The fourth-order valence-corrected chi connectivity index (χ4v) is 2.78. The zero-order valence-electron chi connectivity index (χ0n) is 13.5. The number of imidazole rings is 1. The number of ether oxygens (including phenoxy) is 1. The van der Waals surface area contributed by atoms with E-state index >= 15 is 0 Å². The molecule has 0 bridgehead atoms. The number of pyridine rings is 1. The summed E-state index contributed by atoms with van der Waals surface area (Å²) >= 11 is 3.41. The minimum absolute atomic E-state index is 0.0163. The van der Waals surface area contributed by atoms with Crippen molar-refractivity contribution < 1.29 is 14.3 Å². The van der Waals surface area contributed by atoms with Gasteiger partial charge in [0.15, 0.2) is 0 Å². The van der Waals surface area contributed by atoms with Crippen LogP contribution in [0.1, 0.15) is 23.0 Å². The average Bonchev–Trinajstić information content (AvgIpc) is 2.92. The lowest BCUT2D eigenvalue weighted by Crippen LogP contribution is -2.16. The first-order chi connectivity index (χ1) is 12.1. The van der Waals surface area contributed by atoms with E-state index in [-0.39, 0.29) is 18.3 Å². The minimum Gasteiger partial charge on any atom is -0.466 e. The SMILES string of the molecule is CCOC(=O)Cc1nc2ccc(Br)cn2c1NC(=O)c1ccccc1. The van der Waals surface area contributed by atoms with E-state index in [0.29, 0.717) is 29.3 Å². The van der Waals surface area contributed by atoms with E-state index in [9.17, 15) is 9.59 Å². The van der Waals surface area contributed by atoms with Gasteiger partial charge in [0, 0.05) is 16.2 Å². The van der Waals surface area contributed by atoms with Gasteiger partial charge in [0.1, 0.15) is 11.5 Å². The van der Waals surface area contributed by atoms with E-state index in [0.717, 1.165) is 4.47 Å².